The van der Waals surface area contributed by atoms with E-state index >= 15 is 0 Å². The normalized spacial score (nSPS) is 13.5. The van der Waals surface area contributed by atoms with Gasteiger partial charge in [-0.2, -0.15) is 0 Å². The zero-order chi connectivity index (χ0) is 13.6. The molecule has 18 heavy (non-hydrogen) atoms. The molecule has 0 aliphatic rings. The van der Waals surface area contributed by atoms with E-state index in [4.69, 9.17) is 0 Å². The molecule has 0 saturated heterocycles. The Morgan fingerprint density at radius 3 is 2.39 bits per heavy atom. The number of rotatable bonds is 7. The van der Waals surface area contributed by atoms with Crippen LogP contribution in [0.15, 0.2) is 24.3 Å². The summed E-state index contributed by atoms with van der Waals surface area (Å²) in [5, 5.41) is 3.13. The highest BCUT2D eigenvalue weighted by molar-refractivity contribution is 7.91. The summed E-state index contributed by atoms with van der Waals surface area (Å²) in [6.07, 6.45) is 0.649. The lowest BCUT2D eigenvalue weighted by Crippen LogP contribution is -2.26. The van der Waals surface area contributed by atoms with Gasteiger partial charge in [-0.05, 0) is 31.0 Å². The molecule has 0 bridgehead atoms. The number of nitrogens with one attached hydrogen (secondary N) is 1. The van der Waals surface area contributed by atoms with Gasteiger partial charge in [-0.3, -0.25) is 0 Å². The van der Waals surface area contributed by atoms with E-state index in [-0.39, 0.29) is 23.4 Å². The Morgan fingerprint density at radius 1 is 1.22 bits per heavy atom. The Labute approximate surface area is 108 Å². The van der Waals surface area contributed by atoms with Crippen LogP contribution in [0.25, 0.3) is 0 Å². The van der Waals surface area contributed by atoms with Gasteiger partial charge in [0.1, 0.15) is 5.82 Å². The molecule has 0 heterocycles. The van der Waals surface area contributed by atoms with E-state index < -0.39 is 9.84 Å². The highest BCUT2D eigenvalue weighted by atomic mass is 32.2. The second-order valence-corrected chi connectivity index (χ2v) is 6.68. The van der Waals surface area contributed by atoms with Gasteiger partial charge in [0, 0.05) is 18.3 Å². The fourth-order valence-corrected chi connectivity index (χ4v) is 2.97. The molecule has 0 aliphatic carbocycles. The summed E-state index contributed by atoms with van der Waals surface area (Å²) in [5.41, 5.74) is 0.948. The fraction of sp³-hybridized carbons (Fsp3) is 0.538. The smallest absolute Gasteiger partial charge is 0.151 e. The van der Waals surface area contributed by atoms with Crippen molar-refractivity contribution in [1.82, 2.24) is 5.32 Å². The molecule has 0 unspecified atom stereocenters. The standard InChI is InChI=1S/C13H20FNO2S/c1-3-9-18(16,17)10-8-15-11(2)12-4-6-13(14)7-5-12/h4-7,11,15H,3,8-10H2,1-2H3/t11-/m0/s1. The first kappa shape index (κ1) is 15.1. The van der Waals surface area contributed by atoms with Gasteiger partial charge in [0.15, 0.2) is 9.84 Å². The average molecular weight is 273 g/mol. The highest BCUT2D eigenvalue weighted by Crippen LogP contribution is 2.12. The van der Waals surface area contributed by atoms with Crippen LogP contribution in [0.4, 0.5) is 4.39 Å². The number of hydrogen-bond acceptors (Lipinski definition) is 3. The van der Waals surface area contributed by atoms with E-state index in [1.165, 1.54) is 12.1 Å². The van der Waals surface area contributed by atoms with Crippen molar-refractivity contribution < 1.29 is 12.8 Å². The monoisotopic (exact) mass is 273 g/mol. The number of sulfone groups is 1. The SMILES string of the molecule is CCCS(=O)(=O)CCN[C@@H](C)c1ccc(F)cc1. The molecular formula is C13H20FNO2S. The van der Waals surface area contributed by atoms with E-state index in [0.717, 1.165) is 5.56 Å². The van der Waals surface area contributed by atoms with Crippen LogP contribution in [0.5, 0.6) is 0 Å². The lowest BCUT2D eigenvalue weighted by atomic mass is 10.1. The minimum atomic E-state index is -2.94. The van der Waals surface area contributed by atoms with Crippen LogP contribution < -0.4 is 5.32 Å². The first-order chi connectivity index (χ1) is 8.44. The second kappa shape index (κ2) is 6.85. The summed E-state index contributed by atoms with van der Waals surface area (Å²) >= 11 is 0. The average Bonchev–Trinajstić information content (AvgIpc) is 2.29. The number of halogens is 1. The Balaban J connectivity index is 2.42. The highest BCUT2D eigenvalue weighted by Gasteiger charge is 2.10. The third-order valence-electron chi connectivity index (χ3n) is 2.75. The van der Waals surface area contributed by atoms with Gasteiger partial charge in [-0.15, -0.1) is 0 Å². The van der Waals surface area contributed by atoms with E-state index in [2.05, 4.69) is 5.32 Å². The summed E-state index contributed by atoms with van der Waals surface area (Å²) in [4.78, 5) is 0. The van der Waals surface area contributed by atoms with E-state index in [0.29, 0.717) is 13.0 Å². The summed E-state index contributed by atoms with van der Waals surface area (Å²) in [6.45, 7) is 4.20. The minimum Gasteiger partial charge on any atom is -0.309 e. The summed E-state index contributed by atoms with van der Waals surface area (Å²) in [7, 11) is -2.94. The first-order valence-corrected chi connectivity index (χ1v) is 7.96. The van der Waals surface area contributed by atoms with Gasteiger partial charge in [0.2, 0.25) is 0 Å². The topological polar surface area (TPSA) is 46.2 Å². The molecule has 0 amide bonds. The number of hydrogen-bond donors (Lipinski definition) is 1. The van der Waals surface area contributed by atoms with Crippen molar-refractivity contribution in [1.29, 1.82) is 0 Å². The largest absolute Gasteiger partial charge is 0.309 e. The molecule has 1 atom stereocenters. The van der Waals surface area contributed by atoms with Crippen LogP contribution in [-0.2, 0) is 9.84 Å². The van der Waals surface area contributed by atoms with E-state index in [1.54, 1.807) is 12.1 Å². The summed E-state index contributed by atoms with van der Waals surface area (Å²) in [6, 6.07) is 6.23. The third-order valence-corrected chi connectivity index (χ3v) is 4.61. The van der Waals surface area contributed by atoms with E-state index in [9.17, 15) is 12.8 Å². The maximum absolute atomic E-state index is 12.7. The molecule has 0 spiro atoms. The van der Waals surface area contributed by atoms with Crippen molar-refractivity contribution in [3.63, 3.8) is 0 Å². The molecule has 1 aromatic carbocycles. The Hall–Kier alpha value is -0.940. The van der Waals surface area contributed by atoms with Crippen LogP contribution in [0.3, 0.4) is 0 Å². The van der Waals surface area contributed by atoms with E-state index in [1.807, 2.05) is 13.8 Å². The lowest BCUT2D eigenvalue weighted by Gasteiger charge is -2.14. The summed E-state index contributed by atoms with van der Waals surface area (Å²) < 4.78 is 35.8. The van der Waals surface area contributed by atoms with Crippen molar-refractivity contribution in [2.75, 3.05) is 18.1 Å². The van der Waals surface area contributed by atoms with Crippen LogP contribution >= 0.6 is 0 Å². The molecule has 0 aliphatic heterocycles. The van der Waals surface area contributed by atoms with Crippen molar-refractivity contribution in [2.45, 2.75) is 26.3 Å². The van der Waals surface area contributed by atoms with Gasteiger partial charge >= 0.3 is 0 Å². The van der Waals surface area contributed by atoms with Gasteiger partial charge in [0.05, 0.1) is 5.75 Å². The zero-order valence-corrected chi connectivity index (χ0v) is 11.6. The molecule has 1 rings (SSSR count). The Kier molecular flexibility index (Phi) is 5.75. The molecule has 102 valence electrons. The van der Waals surface area contributed by atoms with Crippen molar-refractivity contribution in [3.8, 4) is 0 Å². The van der Waals surface area contributed by atoms with Gasteiger partial charge in [0.25, 0.3) is 0 Å². The van der Waals surface area contributed by atoms with Crippen LogP contribution in [0.2, 0.25) is 0 Å². The molecular weight excluding hydrogens is 253 g/mol. The maximum atomic E-state index is 12.7. The third kappa shape index (κ3) is 5.14. The molecule has 5 heteroatoms. The van der Waals surface area contributed by atoms with Crippen LogP contribution in [0.1, 0.15) is 31.9 Å². The van der Waals surface area contributed by atoms with Crippen molar-refractivity contribution >= 4 is 9.84 Å². The lowest BCUT2D eigenvalue weighted by molar-refractivity contribution is 0.570. The molecule has 0 aromatic heterocycles. The first-order valence-electron chi connectivity index (χ1n) is 6.14. The fourth-order valence-electron chi connectivity index (χ4n) is 1.71. The van der Waals surface area contributed by atoms with Gasteiger partial charge < -0.3 is 5.32 Å². The predicted molar refractivity (Wildman–Crippen MR) is 71.8 cm³/mol. The van der Waals surface area contributed by atoms with Crippen LogP contribution in [-0.4, -0.2) is 26.5 Å². The van der Waals surface area contributed by atoms with Crippen LogP contribution in [0, 0.1) is 5.82 Å². The number of benzene rings is 1. The molecule has 0 fully saturated rings. The van der Waals surface area contributed by atoms with Gasteiger partial charge in [-0.1, -0.05) is 19.1 Å². The molecule has 1 N–H and O–H groups in total. The molecule has 0 radical (unpaired) electrons. The molecule has 0 saturated carbocycles. The van der Waals surface area contributed by atoms with Crippen molar-refractivity contribution in [3.05, 3.63) is 35.6 Å². The van der Waals surface area contributed by atoms with Crippen molar-refractivity contribution in [2.24, 2.45) is 0 Å². The predicted octanol–water partition coefficient (Wildman–Crippen LogP) is 2.30. The molecule has 3 nitrogen and oxygen atoms in total. The Bertz CT molecular complexity index is 456. The second-order valence-electron chi connectivity index (χ2n) is 4.38. The van der Waals surface area contributed by atoms with Gasteiger partial charge in [-0.25, -0.2) is 12.8 Å². The quantitative estimate of drug-likeness (QED) is 0.829. The summed E-state index contributed by atoms with van der Waals surface area (Å²) in [5.74, 6) is 0.114. The minimum absolute atomic E-state index is 0.0161. The molecule has 1 aromatic rings. The zero-order valence-electron chi connectivity index (χ0n) is 10.8. The Morgan fingerprint density at radius 2 is 1.83 bits per heavy atom. The maximum Gasteiger partial charge on any atom is 0.151 e.